The van der Waals surface area contributed by atoms with Gasteiger partial charge in [-0.15, -0.1) is 17.7 Å². The molecule has 7 aromatic carbocycles. The molecule has 0 amide bonds. The first-order valence-electron chi connectivity index (χ1n) is 20.8. The second-order valence-corrected chi connectivity index (χ2v) is 17.6. The van der Waals surface area contributed by atoms with Crippen molar-refractivity contribution in [3.63, 3.8) is 0 Å². The monoisotopic (exact) mass is 997 g/mol. The van der Waals surface area contributed by atoms with E-state index < -0.39 is 0 Å². The molecule has 0 spiro atoms. The zero-order valence-corrected chi connectivity index (χ0v) is 38.2. The van der Waals surface area contributed by atoms with Crippen molar-refractivity contribution < 1.29 is 25.6 Å². The van der Waals surface area contributed by atoms with E-state index in [2.05, 4.69) is 219 Å². The molecule has 0 atom stereocenters. The molecule has 6 heteroatoms. The molecule has 0 saturated carbocycles. The normalized spacial score (nSPS) is 12.9. The van der Waals surface area contributed by atoms with Gasteiger partial charge in [0.15, 0.2) is 0 Å². The van der Waals surface area contributed by atoms with Gasteiger partial charge in [0.25, 0.3) is 6.33 Å². The van der Waals surface area contributed by atoms with Crippen LogP contribution in [0.25, 0.3) is 65.3 Å². The number of pyridine rings is 1. The quantitative estimate of drug-likeness (QED) is 0.122. The summed E-state index contributed by atoms with van der Waals surface area (Å²) < 4.78 is 6.93. The molecule has 62 heavy (non-hydrogen) atoms. The maximum atomic E-state index is 4.91. The van der Waals surface area contributed by atoms with E-state index in [9.17, 15) is 0 Å². The molecule has 3 aromatic heterocycles. The number of benzene rings is 7. The van der Waals surface area contributed by atoms with Gasteiger partial charge in [0.2, 0.25) is 0 Å². The van der Waals surface area contributed by atoms with E-state index >= 15 is 0 Å². The Morgan fingerprint density at radius 3 is 2.06 bits per heavy atom. The van der Waals surface area contributed by atoms with E-state index in [1.807, 2.05) is 23.6 Å². The summed E-state index contributed by atoms with van der Waals surface area (Å²) in [5.41, 5.74) is 17.1. The average molecular weight is 998 g/mol. The minimum absolute atomic E-state index is 0. The number of fused-ring (bicyclic) bond motifs is 6. The summed E-state index contributed by atoms with van der Waals surface area (Å²) in [5, 5.41) is 2.52. The second-order valence-electron chi connectivity index (χ2n) is 16.6. The first kappa shape index (κ1) is 39.7. The maximum Gasteiger partial charge on any atom is 0.268 e. The minimum atomic E-state index is -0.337. The SMILES string of the molecule is Cc1cc(C)c(-[n+]2[c-]n(-c3[c-]c(N4c5[c-]c(-c6ccccn6)c6sc7ccccc7c6c5C(C)(C)c5ccccc54)ccc3)c(-c3ccccc3)c2-c2ccccc2)c(C)c1.[Pt]. The molecule has 0 bridgehead atoms. The molecule has 0 saturated heterocycles. The number of hydrogen-bond donors (Lipinski definition) is 0. The van der Waals surface area contributed by atoms with Crippen molar-refractivity contribution in [2.24, 2.45) is 0 Å². The van der Waals surface area contributed by atoms with Crippen molar-refractivity contribution in [2.45, 2.75) is 40.0 Å². The Hall–Kier alpha value is -6.39. The van der Waals surface area contributed by atoms with Gasteiger partial charge in [-0.1, -0.05) is 157 Å². The van der Waals surface area contributed by atoms with Crippen LogP contribution in [0.5, 0.6) is 0 Å². The van der Waals surface area contributed by atoms with E-state index in [0.29, 0.717) is 0 Å². The van der Waals surface area contributed by atoms with Gasteiger partial charge >= 0.3 is 0 Å². The summed E-state index contributed by atoms with van der Waals surface area (Å²) in [6.45, 7) is 11.3. The van der Waals surface area contributed by atoms with Crippen LogP contribution in [0.15, 0.2) is 164 Å². The summed E-state index contributed by atoms with van der Waals surface area (Å²) in [4.78, 5) is 7.28. The van der Waals surface area contributed by atoms with Gasteiger partial charge in [-0.3, -0.25) is 4.57 Å². The summed E-state index contributed by atoms with van der Waals surface area (Å²) in [7, 11) is 0. The van der Waals surface area contributed by atoms with Gasteiger partial charge in [0.1, 0.15) is 0 Å². The number of hydrogen-bond acceptors (Lipinski definition) is 3. The Morgan fingerprint density at radius 2 is 1.32 bits per heavy atom. The molecular formula is C56H42N4PtS-2. The fourth-order valence-electron chi connectivity index (χ4n) is 9.70. The van der Waals surface area contributed by atoms with Crippen LogP contribution < -0.4 is 9.47 Å². The van der Waals surface area contributed by atoms with Gasteiger partial charge in [-0.2, -0.15) is 29.5 Å². The van der Waals surface area contributed by atoms with Gasteiger partial charge < -0.3 is 14.5 Å². The topological polar surface area (TPSA) is 24.9 Å². The van der Waals surface area contributed by atoms with Gasteiger partial charge in [-0.25, -0.2) is 0 Å². The Bertz CT molecular complexity index is 3290. The number of rotatable bonds is 6. The van der Waals surface area contributed by atoms with Gasteiger partial charge in [-0.05, 0) is 99.4 Å². The molecule has 0 aliphatic carbocycles. The number of imidazole rings is 1. The zero-order chi connectivity index (χ0) is 41.4. The first-order chi connectivity index (χ1) is 29.8. The molecule has 4 heterocycles. The Kier molecular flexibility index (Phi) is 9.93. The fourth-order valence-corrected chi connectivity index (χ4v) is 10.9. The summed E-state index contributed by atoms with van der Waals surface area (Å²) in [6, 6.07) is 64.2. The van der Waals surface area contributed by atoms with Gasteiger partial charge in [0.05, 0.1) is 17.1 Å². The summed E-state index contributed by atoms with van der Waals surface area (Å²) >= 11 is 1.83. The van der Waals surface area contributed by atoms with Crippen LogP contribution in [0.2, 0.25) is 0 Å². The summed E-state index contributed by atoms with van der Waals surface area (Å²) in [6.07, 6.45) is 5.78. The average Bonchev–Trinajstić information content (AvgIpc) is 3.87. The van der Waals surface area contributed by atoms with Crippen LogP contribution in [0.3, 0.4) is 0 Å². The largest absolute Gasteiger partial charge is 0.352 e. The predicted molar refractivity (Wildman–Crippen MR) is 252 cm³/mol. The smallest absolute Gasteiger partial charge is 0.268 e. The third kappa shape index (κ3) is 6.29. The number of anilines is 3. The molecule has 0 unspecified atom stereocenters. The van der Waals surface area contributed by atoms with E-state index in [0.717, 1.165) is 62.2 Å². The minimum Gasteiger partial charge on any atom is -0.352 e. The standard InChI is InChI=1S/C56H42N4S.Pt/c1-36-31-37(2)52(38(3)32-36)59-35-58(53(39-19-8-6-9-20-39)54(59)40-21-10-7-11-22-40)41-23-18-24-42(33-41)60-47-28-14-13-26-45(47)56(4,5)51-48(60)34-44(46-27-16-17-30-57-46)55-50(51)43-25-12-15-29-49(43)61-55;/h6-32H,1-5H3;/q-2;. The van der Waals surface area contributed by atoms with Crippen LogP contribution in [0.4, 0.5) is 17.1 Å². The number of para-hydroxylation sites is 1. The maximum absolute atomic E-state index is 4.91. The van der Waals surface area contributed by atoms with Crippen molar-refractivity contribution in [1.82, 2.24) is 9.55 Å². The molecule has 0 fully saturated rings. The summed E-state index contributed by atoms with van der Waals surface area (Å²) in [5.74, 6) is 0. The third-order valence-electron chi connectivity index (χ3n) is 12.2. The van der Waals surface area contributed by atoms with Crippen LogP contribution in [0.1, 0.15) is 41.7 Å². The van der Waals surface area contributed by atoms with Crippen molar-refractivity contribution in [1.29, 1.82) is 0 Å². The predicted octanol–water partition coefficient (Wildman–Crippen LogP) is 14.0. The molecular weight excluding hydrogens is 956 g/mol. The Balaban J connectivity index is 0.00000458. The van der Waals surface area contributed by atoms with E-state index in [-0.39, 0.29) is 26.5 Å². The Morgan fingerprint density at radius 1 is 0.661 bits per heavy atom. The zero-order valence-electron chi connectivity index (χ0n) is 35.1. The van der Waals surface area contributed by atoms with Crippen LogP contribution >= 0.6 is 11.3 Å². The third-order valence-corrected chi connectivity index (χ3v) is 13.4. The van der Waals surface area contributed by atoms with Crippen LogP contribution in [-0.2, 0) is 26.5 Å². The Labute approximate surface area is 381 Å². The van der Waals surface area contributed by atoms with E-state index in [1.165, 1.54) is 48.0 Å². The molecule has 304 valence electrons. The first-order valence-corrected chi connectivity index (χ1v) is 21.6. The van der Waals surface area contributed by atoms with Crippen molar-refractivity contribution in [2.75, 3.05) is 4.90 Å². The molecule has 0 radical (unpaired) electrons. The molecule has 10 aromatic rings. The van der Waals surface area contributed by atoms with Crippen LogP contribution in [-0.4, -0.2) is 9.55 Å². The number of thiophene rings is 1. The van der Waals surface area contributed by atoms with E-state index in [4.69, 9.17) is 4.98 Å². The molecule has 0 N–H and O–H groups in total. The molecule has 1 aliphatic heterocycles. The van der Waals surface area contributed by atoms with Crippen molar-refractivity contribution >= 4 is 48.6 Å². The molecule has 11 rings (SSSR count). The van der Waals surface area contributed by atoms with Crippen molar-refractivity contribution in [3.8, 4) is 45.1 Å². The number of nitrogens with zero attached hydrogens (tertiary/aromatic N) is 4. The van der Waals surface area contributed by atoms with E-state index in [1.54, 1.807) is 0 Å². The van der Waals surface area contributed by atoms with Crippen molar-refractivity contribution in [3.05, 3.63) is 210 Å². The number of aromatic nitrogens is 3. The van der Waals surface area contributed by atoms with Gasteiger partial charge in [0, 0.05) is 37.6 Å². The fraction of sp³-hybridized carbons (Fsp3) is 0.107. The molecule has 1 aliphatic rings. The van der Waals surface area contributed by atoms with Crippen LogP contribution in [0, 0.1) is 39.2 Å². The second kappa shape index (κ2) is 15.5. The molecule has 4 nitrogen and oxygen atoms in total. The number of aryl methyl sites for hydroxylation is 3.